The maximum Gasteiger partial charge on any atom is 0.306 e. The van der Waals surface area contributed by atoms with Gasteiger partial charge in [0, 0.05) is 36.9 Å². The lowest BCUT2D eigenvalue weighted by Crippen LogP contribution is -2.43. The minimum absolute atomic E-state index is 0.0375. The molecule has 2 aliphatic heterocycles. The molecule has 5 heterocycles. The quantitative estimate of drug-likeness (QED) is 0.426. The lowest BCUT2D eigenvalue weighted by molar-refractivity contribution is -0.125. The summed E-state index contributed by atoms with van der Waals surface area (Å²) in [5, 5.41) is 6.04. The Kier molecular flexibility index (Phi) is 6.89. The number of halogens is 1. The van der Waals surface area contributed by atoms with Crippen molar-refractivity contribution in [3.8, 4) is 0 Å². The van der Waals surface area contributed by atoms with Crippen LogP contribution in [0, 0.1) is 5.92 Å². The van der Waals surface area contributed by atoms with E-state index in [1.807, 2.05) is 6.07 Å². The molecule has 0 N–H and O–H groups in total. The van der Waals surface area contributed by atoms with Gasteiger partial charge in [0.1, 0.15) is 11.6 Å². The molecule has 2 unspecified atom stereocenters. The third-order valence-electron chi connectivity index (χ3n) is 6.30. The van der Waals surface area contributed by atoms with Crippen molar-refractivity contribution in [1.82, 2.24) is 28.4 Å². The molecule has 0 saturated carbocycles. The summed E-state index contributed by atoms with van der Waals surface area (Å²) in [6, 6.07) is 3.68. The second kappa shape index (κ2) is 9.82. The van der Waals surface area contributed by atoms with E-state index in [1.54, 1.807) is 35.8 Å². The molecule has 2 saturated heterocycles. The Labute approximate surface area is 221 Å². The summed E-state index contributed by atoms with van der Waals surface area (Å²) >= 11 is 8.76. The molecule has 3 aromatic rings. The predicted octanol–water partition coefficient (Wildman–Crippen LogP) is 2.68. The topological polar surface area (TPSA) is 122 Å². The van der Waals surface area contributed by atoms with Crippen LogP contribution < -0.4 is 4.90 Å². The monoisotopic (exact) mass is 569 g/mol. The molecule has 0 aromatic carbocycles. The van der Waals surface area contributed by atoms with Crippen molar-refractivity contribution in [3.05, 3.63) is 43.8 Å². The van der Waals surface area contributed by atoms with Crippen molar-refractivity contribution in [2.24, 2.45) is 5.92 Å². The molecular weight excluding hydrogens is 546 g/mol. The zero-order valence-corrected chi connectivity index (χ0v) is 22.8. The lowest BCUT2D eigenvalue weighted by Gasteiger charge is -2.23. The van der Waals surface area contributed by atoms with E-state index in [-0.39, 0.29) is 29.9 Å². The number of thiophene rings is 1. The van der Waals surface area contributed by atoms with Crippen molar-refractivity contribution in [3.63, 3.8) is 0 Å². The number of hydrogen-bond donors (Lipinski definition) is 0. The lowest BCUT2D eigenvalue weighted by atomic mass is 9.97. The van der Waals surface area contributed by atoms with E-state index in [4.69, 9.17) is 11.6 Å². The fourth-order valence-electron chi connectivity index (χ4n) is 4.49. The molecule has 2 aliphatic rings. The molecule has 192 valence electrons. The molecule has 3 aromatic heterocycles. The molecule has 0 spiro atoms. The van der Waals surface area contributed by atoms with Crippen LogP contribution in [-0.4, -0.2) is 75.3 Å². The Bertz CT molecular complexity index is 1380. The summed E-state index contributed by atoms with van der Waals surface area (Å²) in [7, 11) is -2.15. The minimum Gasteiger partial charge on any atom is -0.339 e. The third kappa shape index (κ3) is 4.56. The van der Waals surface area contributed by atoms with E-state index in [0.29, 0.717) is 24.0 Å². The van der Waals surface area contributed by atoms with Crippen LogP contribution in [0.2, 0.25) is 4.34 Å². The van der Waals surface area contributed by atoms with Crippen LogP contribution in [0.4, 0.5) is 5.95 Å². The van der Waals surface area contributed by atoms with Gasteiger partial charge in [-0.1, -0.05) is 18.5 Å². The minimum atomic E-state index is -3.91. The summed E-state index contributed by atoms with van der Waals surface area (Å²) in [6.45, 7) is 3.05. The van der Waals surface area contributed by atoms with Gasteiger partial charge < -0.3 is 4.90 Å². The molecule has 0 aliphatic carbocycles. The number of aromatic nitrogens is 4. The van der Waals surface area contributed by atoms with Crippen LogP contribution in [0.1, 0.15) is 46.9 Å². The number of nitrogens with zero attached hydrogens (tertiary/aromatic N) is 7. The Hall–Kier alpha value is -2.39. The highest BCUT2D eigenvalue weighted by atomic mass is 35.5. The number of rotatable bonds is 7. The van der Waals surface area contributed by atoms with Crippen LogP contribution in [0.5, 0.6) is 0 Å². The maximum absolute atomic E-state index is 13.4. The van der Waals surface area contributed by atoms with Gasteiger partial charge >= 0.3 is 16.1 Å². The Morgan fingerprint density at radius 1 is 1.28 bits per heavy atom. The first-order valence-corrected chi connectivity index (χ1v) is 14.9. The van der Waals surface area contributed by atoms with Gasteiger partial charge in [0.05, 0.1) is 16.4 Å². The first-order chi connectivity index (χ1) is 17.2. The molecule has 2 fully saturated rings. The Morgan fingerprint density at radius 3 is 2.67 bits per heavy atom. The first-order valence-electron chi connectivity index (χ1n) is 11.3. The number of anilines is 1. The molecule has 0 bridgehead atoms. The van der Waals surface area contributed by atoms with Crippen molar-refractivity contribution >= 4 is 62.2 Å². The normalized spacial score (nSPS) is 21.0. The van der Waals surface area contributed by atoms with Crippen molar-refractivity contribution < 1.29 is 18.0 Å². The number of amides is 1. The molecule has 5 rings (SSSR count). The van der Waals surface area contributed by atoms with E-state index in [2.05, 4.69) is 15.1 Å². The van der Waals surface area contributed by atoms with Crippen LogP contribution in [0.15, 0.2) is 23.0 Å². The zero-order chi connectivity index (χ0) is 25.6. The third-order valence-corrected chi connectivity index (χ3v) is 10.0. The number of hydrogen-bond acceptors (Lipinski definition) is 10. The van der Waals surface area contributed by atoms with E-state index < -0.39 is 27.9 Å². The highest BCUT2D eigenvalue weighted by molar-refractivity contribution is 7.87. The molecular formula is C21H24ClN7O4S3. The Morgan fingerprint density at radius 2 is 2.03 bits per heavy atom. The van der Waals surface area contributed by atoms with E-state index in [9.17, 15) is 18.0 Å². The van der Waals surface area contributed by atoms with Gasteiger partial charge in [-0.25, -0.2) is 9.29 Å². The van der Waals surface area contributed by atoms with Gasteiger partial charge in [0.25, 0.3) is 0 Å². The standard InChI is InChI=1S/C21H24ClN7O4S3/c1-13-9-28(36(32,33)27-7-3-4-8-27)20(31)17(13)18-24-21(26(2)10-14-5-6-16(22)35-14)29(25-18)19(30)15-11-34-12-23-15/h5-6,11-13,17H,3-4,7-10H2,1-2H3. The molecule has 36 heavy (non-hydrogen) atoms. The van der Waals surface area contributed by atoms with Gasteiger partial charge in [-0.3, -0.25) is 9.59 Å². The average Bonchev–Trinajstić information content (AvgIpc) is 3.64. The van der Waals surface area contributed by atoms with Gasteiger partial charge in [-0.05, 0) is 30.9 Å². The number of thiazole rings is 1. The molecule has 11 nitrogen and oxygen atoms in total. The smallest absolute Gasteiger partial charge is 0.306 e. The van der Waals surface area contributed by atoms with Crippen LogP contribution in [0.25, 0.3) is 0 Å². The summed E-state index contributed by atoms with van der Waals surface area (Å²) in [5.74, 6) is -1.98. The number of carbonyl (C=O) groups excluding carboxylic acids is 2. The number of carbonyl (C=O) groups is 2. The first kappa shape index (κ1) is 25.3. The molecule has 0 radical (unpaired) electrons. The predicted molar refractivity (Wildman–Crippen MR) is 137 cm³/mol. The SMILES string of the molecule is CC1CN(S(=O)(=O)N2CCCC2)C(=O)C1c1nc(N(C)Cc2ccc(Cl)s2)n(C(=O)c2cscn2)n1. The highest BCUT2D eigenvalue weighted by Gasteiger charge is 2.48. The highest BCUT2D eigenvalue weighted by Crippen LogP contribution is 2.36. The molecule has 15 heteroatoms. The fourth-order valence-corrected chi connectivity index (χ4v) is 7.92. The van der Waals surface area contributed by atoms with Gasteiger partial charge in [-0.2, -0.15) is 22.4 Å². The largest absolute Gasteiger partial charge is 0.339 e. The van der Waals surface area contributed by atoms with Gasteiger partial charge in [-0.15, -0.1) is 27.8 Å². The summed E-state index contributed by atoms with van der Waals surface area (Å²) in [6.07, 6.45) is 1.55. The van der Waals surface area contributed by atoms with Gasteiger partial charge in [0.2, 0.25) is 11.9 Å². The average molecular weight is 570 g/mol. The molecule has 2 atom stereocenters. The summed E-state index contributed by atoms with van der Waals surface area (Å²) in [4.78, 5) is 38.0. The van der Waals surface area contributed by atoms with Crippen molar-refractivity contribution in [2.45, 2.75) is 32.2 Å². The van der Waals surface area contributed by atoms with Crippen LogP contribution in [0.3, 0.4) is 0 Å². The second-order valence-electron chi connectivity index (χ2n) is 8.86. The van der Waals surface area contributed by atoms with Crippen molar-refractivity contribution in [2.75, 3.05) is 31.6 Å². The second-order valence-corrected chi connectivity index (χ2v) is 13.2. The zero-order valence-electron chi connectivity index (χ0n) is 19.6. The van der Waals surface area contributed by atoms with Gasteiger partial charge in [0.15, 0.2) is 5.82 Å². The van der Waals surface area contributed by atoms with E-state index in [1.165, 1.54) is 27.0 Å². The summed E-state index contributed by atoms with van der Waals surface area (Å²) < 4.78 is 30.3. The fraction of sp³-hybridized carbons (Fsp3) is 0.476. The van der Waals surface area contributed by atoms with E-state index >= 15 is 0 Å². The van der Waals surface area contributed by atoms with Crippen molar-refractivity contribution in [1.29, 1.82) is 0 Å². The molecule has 1 amide bonds. The van der Waals surface area contributed by atoms with Crippen LogP contribution >= 0.6 is 34.3 Å². The summed E-state index contributed by atoms with van der Waals surface area (Å²) in [5.41, 5.74) is 1.75. The van der Waals surface area contributed by atoms with E-state index in [0.717, 1.165) is 26.7 Å². The van der Waals surface area contributed by atoms with Crippen LogP contribution in [-0.2, 0) is 21.5 Å². The Balaban J connectivity index is 1.49. The maximum atomic E-state index is 13.4.